The van der Waals surface area contributed by atoms with Gasteiger partial charge in [0.15, 0.2) is 5.58 Å². The predicted octanol–water partition coefficient (Wildman–Crippen LogP) is 6.07. The Balaban J connectivity index is 1.50. The number of nitrogens with zero attached hydrogens (tertiary/aromatic N) is 1. The molecule has 184 valence electrons. The number of hydrogen-bond donors (Lipinski definition) is 2. The largest absolute Gasteiger partial charge is 0.481 e. The zero-order valence-electron chi connectivity index (χ0n) is 18.1. The number of carbonyl (C=O) groups excluding carboxylic acids is 1. The van der Waals surface area contributed by atoms with Crippen LogP contribution in [0.5, 0.6) is 0 Å². The third-order valence-electron chi connectivity index (χ3n) is 5.03. The minimum absolute atomic E-state index is 0.0640. The highest BCUT2D eigenvalue weighted by Gasteiger charge is 2.34. The molecule has 0 aliphatic heterocycles. The number of aromatic nitrogens is 1. The van der Waals surface area contributed by atoms with Gasteiger partial charge in [0.2, 0.25) is 11.8 Å². The number of carbonyl (C=O) groups is 2. The van der Waals surface area contributed by atoms with Crippen molar-refractivity contribution in [1.29, 1.82) is 0 Å². The van der Waals surface area contributed by atoms with Gasteiger partial charge in [0, 0.05) is 17.2 Å². The van der Waals surface area contributed by atoms with E-state index in [0.717, 1.165) is 30.4 Å². The lowest BCUT2D eigenvalue weighted by atomic mass is 10.1. The maximum atomic E-state index is 14.6. The van der Waals surface area contributed by atoms with Crippen LogP contribution < -0.4 is 5.32 Å². The first-order valence-corrected chi connectivity index (χ1v) is 10.3. The molecule has 0 saturated heterocycles. The molecule has 0 atom stereocenters. The second kappa shape index (κ2) is 9.61. The summed E-state index contributed by atoms with van der Waals surface area (Å²) in [6, 6.07) is 11.0. The van der Waals surface area contributed by atoms with Gasteiger partial charge in [0.1, 0.15) is 17.2 Å². The van der Waals surface area contributed by atoms with E-state index in [1.54, 1.807) is 18.2 Å². The quantitative estimate of drug-likeness (QED) is 0.247. The van der Waals surface area contributed by atoms with E-state index in [2.05, 4.69) is 10.3 Å². The number of anilines is 1. The monoisotopic (exact) mass is 502 g/mol. The summed E-state index contributed by atoms with van der Waals surface area (Å²) in [5.41, 5.74) is -0.669. The Morgan fingerprint density at radius 1 is 1.06 bits per heavy atom. The van der Waals surface area contributed by atoms with Gasteiger partial charge in [0.05, 0.1) is 17.7 Å². The number of amides is 1. The molecule has 1 heterocycles. The molecular formula is C25H15F5N2O4. The third-order valence-corrected chi connectivity index (χ3v) is 5.03. The zero-order chi connectivity index (χ0) is 26.0. The van der Waals surface area contributed by atoms with Gasteiger partial charge in [-0.2, -0.15) is 13.2 Å². The average Bonchev–Trinajstić information content (AvgIpc) is 3.22. The third kappa shape index (κ3) is 5.40. The van der Waals surface area contributed by atoms with Crippen LogP contribution in [0.2, 0.25) is 0 Å². The highest BCUT2D eigenvalue weighted by Crippen LogP contribution is 2.33. The smallest absolute Gasteiger partial charge is 0.419 e. The standard InChI is InChI=1S/C25H15F5N2O4/c26-17-12-15(24-32-19-10-13(11-22(34)35)4-8-20(19)36-24)5-7-18(17)31-21(33)9-6-14-2-1-3-16(23(14)27)25(28,29)30/h1-10,12H,11H2,(H,31,33)(H,34,35)/b9-6+. The van der Waals surface area contributed by atoms with E-state index < -0.39 is 40.8 Å². The molecule has 4 rings (SSSR count). The fourth-order valence-corrected chi connectivity index (χ4v) is 3.37. The van der Waals surface area contributed by atoms with Crippen LogP contribution in [0.3, 0.4) is 0 Å². The van der Waals surface area contributed by atoms with Crippen LogP contribution in [0.1, 0.15) is 16.7 Å². The summed E-state index contributed by atoms with van der Waals surface area (Å²) in [5.74, 6) is -4.22. The summed E-state index contributed by atoms with van der Waals surface area (Å²) >= 11 is 0. The van der Waals surface area contributed by atoms with E-state index in [9.17, 15) is 31.5 Å². The second-order valence-corrected chi connectivity index (χ2v) is 7.62. The lowest BCUT2D eigenvalue weighted by Gasteiger charge is -2.09. The van der Waals surface area contributed by atoms with Crippen molar-refractivity contribution in [2.45, 2.75) is 12.6 Å². The summed E-state index contributed by atoms with van der Waals surface area (Å²) in [6.07, 6.45) is -3.46. The lowest BCUT2D eigenvalue weighted by Crippen LogP contribution is -2.10. The number of alkyl halides is 3. The number of carboxylic acids is 1. The van der Waals surface area contributed by atoms with Crippen molar-refractivity contribution in [1.82, 2.24) is 4.98 Å². The molecule has 11 heteroatoms. The first-order chi connectivity index (χ1) is 17.0. The van der Waals surface area contributed by atoms with Crippen molar-refractivity contribution in [3.8, 4) is 11.5 Å². The van der Waals surface area contributed by atoms with Gasteiger partial charge < -0.3 is 14.8 Å². The number of oxazole rings is 1. The molecule has 6 nitrogen and oxygen atoms in total. The number of aliphatic carboxylic acids is 1. The number of halogens is 5. The number of rotatable bonds is 6. The van der Waals surface area contributed by atoms with Crippen LogP contribution in [-0.2, 0) is 22.2 Å². The molecule has 0 spiro atoms. The predicted molar refractivity (Wildman–Crippen MR) is 120 cm³/mol. The normalized spacial score (nSPS) is 11.8. The number of hydrogen-bond acceptors (Lipinski definition) is 4. The fraction of sp³-hybridized carbons (Fsp3) is 0.0800. The molecule has 36 heavy (non-hydrogen) atoms. The zero-order valence-corrected chi connectivity index (χ0v) is 18.1. The topological polar surface area (TPSA) is 92.4 Å². The van der Waals surface area contributed by atoms with Gasteiger partial charge in [0.25, 0.3) is 0 Å². The minimum atomic E-state index is -4.89. The van der Waals surface area contributed by atoms with Gasteiger partial charge >= 0.3 is 12.1 Å². The minimum Gasteiger partial charge on any atom is -0.481 e. The van der Waals surface area contributed by atoms with Crippen LogP contribution in [0.4, 0.5) is 27.6 Å². The van der Waals surface area contributed by atoms with E-state index >= 15 is 0 Å². The molecule has 2 N–H and O–H groups in total. The lowest BCUT2D eigenvalue weighted by molar-refractivity contribution is -0.140. The van der Waals surface area contributed by atoms with Crippen molar-refractivity contribution in [3.63, 3.8) is 0 Å². The Kier molecular flexibility index (Phi) is 6.56. The first-order valence-electron chi connectivity index (χ1n) is 10.3. The SMILES string of the molecule is O=C(O)Cc1ccc2oc(-c3ccc(NC(=O)/C=C/c4cccc(C(F)(F)F)c4F)c(F)c3)nc2c1. The molecule has 3 aromatic carbocycles. The maximum absolute atomic E-state index is 14.6. The molecule has 0 aliphatic carbocycles. The van der Waals surface area contributed by atoms with Crippen LogP contribution in [0, 0.1) is 11.6 Å². The number of benzene rings is 3. The van der Waals surface area contributed by atoms with Crippen molar-refractivity contribution in [2.75, 3.05) is 5.32 Å². The average molecular weight is 502 g/mol. The molecule has 0 unspecified atom stereocenters. The highest BCUT2D eigenvalue weighted by molar-refractivity contribution is 6.02. The van der Waals surface area contributed by atoms with Crippen LogP contribution in [0.15, 0.2) is 65.1 Å². The van der Waals surface area contributed by atoms with Crippen LogP contribution in [0.25, 0.3) is 28.6 Å². The molecule has 1 aromatic heterocycles. The van der Waals surface area contributed by atoms with Gasteiger partial charge in [-0.05, 0) is 48.0 Å². The Hall–Kier alpha value is -4.54. The summed E-state index contributed by atoms with van der Waals surface area (Å²) < 4.78 is 72.7. The van der Waals surface area contributed by atoms with E-state index in [1.165, 1.54) is 12.1 Å². The van der Waals surface area contributed by atoms with E-state index in [1.807, 2.05) is 0 Å². The Labute approximate surface area is 199 Å². The van der Waals surface area contributed by atoms with Gasteiger partial charge in [-0.15, -0.1) is 0 Å². The van der Waals surface area contributed by atoms with Gasteiger partial charge in [-0.3, -0.25) is 9.59 Å². The summed E-state index contributed by atoms with van der Waals surface area (Å²) in [5, 5.41) is 11.1. The van der Waals surface area contributed by atoms with E-state index in [0.29, 0.717) is 22.7 Å². The molecule has 0 fully saturated rings. The molecule has 0 radical (unpaired) electrons. The molecule has 0 aliphatic rings. The fourth-order valence-electron chi connectivity index (χ4n) is 3.37. The van der Waals surface area contributed by atoms with Crippen molar-refractivity contribution >= 4 is 34.7 Å². The molecular weight excluding hydrogens is 487 g/mol. The van der Waals surface area contributed by atoms with Crippen molar-refractivity contribution in [3.05, 3.63) is 89.0 Å². The van der Waals surface area contributed by atoms with Gasteiger partial charge in [-0.25, -0.2) is 13.8 Å². The van der Waals surface area contributed by atoms with Crippen molar-refractivity contribution in [2.24, 2.45) is 0 Å². The summed E-state index contributed by atoms with van der Waals surface area (Å²) in [4.78, 5) is 27.2. The first kappa shape index (κ1) is 24.6. The molecule has 1 amide bonds. The number of fused-ring (bicyclic) bond motifs is 1. The highest BCUT2D eigenvalue weighted by atomic mass is 19.4. The van der Waals surface area contributed by atoms with Crippen molar-refractivity contribution < 1.29 is 41.1 Å². The Morgan fingerprint density at radius 3 is 2.53 bits per heavy atom. The molecule has 0 bridgehead atoms. The van der Waals surface area contributed by atoms with E-state index in [4.69, 9.17) is 9.52 Å². The summed E-state index contributed by atoms with van der Waals surface area (Å²) in [7, 11) is 0. The van der Waals surface area contributed by atoms with Gasteiger partial charge in [-0.1, -0.05) is 18.2 Å². The molecule has 4 aromatic rings. The maximum Gasteiger partial charge on any atom is 0.419 e. The van der Waals surface area contributed by atoms with E-state index in [-0.39, 0.29) is 23.6 Å². The number of nitrogens with one attached hydrogen (secondary N) is 1. The van der Waals surface area contributed by atoms with Crippen LogP contribution in [-0.4, -0.2) is 22.0 Å². The Morgan fingerprint density at radius 2 is 1.83 bits per heavy atom. The summed E-state index contributed by atoms with van der Waals surface area (Å²) in [6.45, 7) is 0. The second-order valence-electron chi connectivity index (χ2n) is 7.62. The Bertz CT molecular complexity index is 1510. The molecule has 0 saturated carbocycles. The van der Waals surface area contributed by atoms with Crippen LogP contribution >= 0.6 is 0 Å². The number of carboxylic acid groups (broad SMARTS) is 1.